The Hall–Kier alpha value is -2.97. The topological polar surface area (TPSA) is 88.6 Å². The van der Waals surface area contributed by atoms with E-state index in [4.69, 9.17) is 14.2 Å². The summed E-state index contributed by atoms with van der Waals surface area (Å²) >= 11 is 0. The minimum Gasteiger partial charge on any atom is -0.493 e. The summed E-state index contributed by atoms with van der Waals surface area (Å²) in [5, 5.41) is 0. The van der Waals surface area contributed by atoms with Crippen LogP contribution in [-0.2, 0) is 20.7 Å². The molecule has 31 heavy (non-hydrogen) atoms. The number of likely N-dealkylation sites (tertiary alicyclic amines) is 1. The summed E-state index contributed by atoms with van der Waals surface area (Å²) in [6, 6.07) is 5.71. The Kier molecular flexibility index (Phi) is 7.59. The largest absolute Gasteiger partial charge is 0.493 e. The first kappa shape index (κ1) is 22.7. The number of methoxy groups -OCH3 is 2. The summed E-state index contributed by atoms with van der Waals surface area (Å²) in [6.07, 6.45) is 0.570. The molecule has 0 spiro atoms. The molecule has 0 radical (unpaired) electrons. The van der Waals surface area contributed by atoms with Gasteiger partial charge in [-0.2, -0.15) is 0 Å². The Labute approximate surface area is 182 Å². The number of carbonyl (C=O) groups excluding carboxylic acids is 3. The molecule has 0 aliphatic carbocycles. The third-order valence-electron chi connectivity index (χ3n) is 5.80. The van der Waals surface area contributed by atoms with Gasteiger partial charge in [-0.3, -0.25) is 9.59 Å². The van der Waals surface area contributed by atoms with E-state index < -0.39 is 0 Å². The number of rotatable bonds is 7. The summed E-state index contributed by atoms with van der Waals surface area (Å²) in [7, 11) is 3.18. The number of hydrogen-bond donors (Lipinski definition) is 0. The van der Waals surface area contributed by atoms with Crippen molar-refractivity contribution in [3.8, 4) is 11.5 Å². The summed E-state index contributed by atoms with van der Waals surface area (Å²) in [5.41, 5.74) is 1.04. The van der Waals surface area contributed by atoms with E-state index in [2.05, 4.69) is 0 Å². The van der Waals surface area contributed by atoms with Crippen LogP contribution in [0.2, 0.25) is 0 Å². The lowest BCUT2D eigenvalue weighted by atomic mass is 10.1. The Morgan fingerprint density at radius 2 is 1.71 bits per heavy atom. The van der Waals surface area contributed by atoms with Gasteiger partial charge in [0.05, 0.1) is 26.7 Å². The first-order chi connectivity index (χ1) is 15.0. The van der Waals surface area contributed by atoms with Crippen molar-refractivity contribution in [1.82, 2.24) is 14.7 Å². The zero-order valence-corrected chi connectivity index (χ0v) is 18.5. The van der Waals surface area contributed by atoms with Gasteiger partial charge in [0.25, 0.3) is 0 Å². The normalized spacial score (nSPS) is 18.9. The predicted molar refractivity (Wildman–Crippen MR) is 113 cm³/mol. The van der Waals surface area contributed by atoms with E-state index in [-0.39, 0.29) is 30.2 Å². The molecule has 0 unspecified atom stereocenters. The number of nitrogens with zero attached hydrogens (tertiary/aromatic N) is 3. The van der Waals surface area contributed by atoms with E-state index in [0.717, 1.165) is 5.56 Å². The van der Waals surface area contributed by atoms with Crippen LogP contribution in [0.25, 0.3) is 0 Å². The first-order valence-electron chi connectivity index (χ1n) is 10.7. The van der Waals surface area contributed by atoms with Gasteiger partial charge in [-0.05, 0) is 31.0 Å². The molecular weight excluding hydrogens is 402 g/mol. The van der Waals surface area contributed by atoms with Gasteiger partial charge in [0.2, 0.25) is 11.8 Å². The standard InChI is InChI=1S/C22H31N3O6/c1-4-31-22(28)24-11-9-23(10-12-24)21(27)17-14-20(26)25(15-17)8-7-16-5-6-18(29-2)19(13-16)30-3/h5-6,13,17H,4,7-12,14-15H2,1-3H3/t17-/m1/s1. The molecule has 1 atom stereocenters. The zero-order valence-electron chi connectivity index (χ0n) is 18.5. The van der Waals surface area contributed by atoms with Crippen LogP contribution >= 0.6 is 0 Å². The van der Waals surface area contributed by atoms with Gasteiger partial charge in [0, 0.05) is 45.7 Å². The maximum Gasteiger partial charge on any atom is 0.409 e. The van der Waals surface area contributed by atoms with Gasteiger partial charge in [-0.1, -0.05) is 6.07 Å². The van der Waals surface area contributed by atoms with Crippen molar-refractivity contribution in [3.63, 3.8) is 0 Å². The molecule has 9 nitrogen and oxygen atoms in total. The number of amides is 3. The van der Waals surface area contributed by atoms with E-state index >= 15 is 0 Å². The van der Waals surface area contributed by atoms with Crippen LogP contribution in [0.3, 0.4) is 0 Å². The van der Waals surface area contributed by atoms with E-state index in [9.17, 15) is 14.4 Å². The summed E-state index contributed by atoms with van der Waals surface area (Å²) < 4.78 is 15.6. The Morgan fingerprint density at radius 3 is 2.35 bits per heavy atom. The molecule has 170 valence electrons. The number of ether oxygens (including phenoxy) is 3. The number of piperazine rings is 1. The lowest BCUT2D eigenvalue weighted by Crippen LogP contribution is -2.52. The molecule has 3 amide bonds. The van der Waals surface area contributed by atoms with Gasteiger partial charge in [0.15, 0.2) is 11.5 Å². The molecule has 3 rings (SSSR count). The second kappa shape index (κ2) is 10.4. The molecule has 2 saturated heterocycles. The zero-order chi connectivity index (χ0) is 22.4. The molecule has 1 aromatic carbocycles. The van der Waals surface area contributed by atoms with E-state index in [1.165, 1.54) is 0 Å². The molecule has 0 aromatic heterocycles. The minimum absolute atomic E-state index is 0.00369. The fraction of sp³-hybridized carbons (Fsp3) is 0.591. The molecule has 2 heterocycles. The van der Waals surface area contributed by atoms with Crippen LogP contribution < -0.4 is 9.47 Å². The molecule has 2 aliphatic heterocycles. The van der Waals surface area contributed by atoms with Crippen molar-refractivity contribution in [2.75, 3.05) is 60.1 Å². The van der Waals surface area contributed by atoms with E-state index in [1.807, 2.05) is 18.2 Å². The van der Waals surface area contributed by atoms with Crippen molar-refractivity contribution in [2.45, 2.75) is 19.8 Å². The van der Waals surface area contributed by atoms with Crippen molar-refractivity contribution in [2.24, 2.45) is 5.92 Å². The molecule has 0 N–H and O–H groups in total. The molecule has 2 fully saturated rings. The minimum atomic E-state index is -0.341. The van der Waals surface area contributed by atoms with Crippen molar-refractivity contribution < 1.29 is 28.6 Å². The molecule has 1 aromatic rings. The second-order valence-electron chi connectivity index (χ2n) is 7.69. The first-order valence-corrected chi connectivity index (χ1v) is 10.7. The monoisotopic (exact) mass is 433 g/mol. The summed E-state index contributed by atoms with van der Waals surface area (Å²) in [5.74, 6) is 0.987. The van der Waals surface area contributed by atoms with Gasteiger partial charge in [-0.25, -0.2) is 4.79 Å². The van der Waals surface area contributed by atoms with Gasteiger partial charge >= 0.3 is 6.09 Å². The van der Waals surface area contributed by atoms with Crippen LogP contribution in [0, 0.1) is 5.92 Å². The van der Waals surface area contributed by atoms with E-state index in [0.29, 0.717) is 63.8 Å². The predicted octanol–water partition coefficient (Wildman–Crippen LogP) is 1.40. The quantitative estimate of drug-likeness (QED) is 0.646. The SMILES string of the molecule is CCOC(=O)N1CCN(C(=O)[C@@H]2CC(=O)N(CCc3ccc(OC)c(OC)c3)C2)CC1. The van der Waals surface area contributed by atoms with Gasteiger partial charge in [-0.15, -0.1) is 0 Å². The smallest absolute Gasteiger partial charge is 0.409 e. The summed E-state index contributed by atoms with van der Waals surface area (Å²) in [6.45, 7) is 4.93. The number of hydrogen-bond acceptors (Lipinski definition) is 6. The lowest BCUT2D eigenvalue weighted by Gasteiger charge is -2.35. The highest BCUT2D eigenvalue weighted by Gasteiger charge is 2.37. The molecule has 9 heteroatoms. The number of carbonyl (C=O) groups is 3. The highest BCUT2D eigenvalue weighted by Crippen LogP contribution is 2.28. The second-order valence-corrected chi connectivity index (χ2v) is 7.69. The molecule has 0 bridgehead atoms. The van der Waals surface area contributed by atoms with Crippen LogP contribution in [0.4, 0.5) is 4.79 Å². The molecular formula is C22H31N3O6. The third-order valence-corrected chi connectivity index (χ3v) is 5.80. The highest BCUT2D eigenvalue weighted by molar-refractivity contribution is 5.89. The van der Waals surface area contributed by atoms with Crippen LogP contribution in [-0.4, -0.2) is 92.7 Å². The van der Waals surface area contributed by atoms with Crippen LogP contribution in [0.15, 0.2) is 18.2 Å². The Bertz CT molecular complexity index is 806. The fourth-order valence-corrected chi connectivity index (χ4v) is 4.04. The van der Waals surface area contributed by atoms with E-state index in [1.54, 1.807) is 35.8 Å². The maximum atomic E-state index is 12.9. The lowest BCUT2D eigenvalue weighted by molar-refractivity contribution is -0.137. The van der Waals surface area contributed by atoms with Crippen LogP contribution in [0.5, 0.6) is 11.5 Å². The fourth-order valence-electron chi connectivity index (χ4n) is 4.04. The third kappa shape index (κ3) is 5.39. The maximum absolute atomic E-state index is 12.9. The van der Waals surface area contributed by atoms with Crippen molar-refractivity contribution >= 4 is 17.9 Å². The molecule has 0 saturated carbocycles. The number of benzene rings is 1. The Balaban J connectivity index is 1.50. The average Bonchev–Trinajstić information content (AvgIpc) is 3.17. The van der Waals surface area contributed by atoms with Gasteiger partial charge < -0.3 is 28.9 Å². The summed E-state index contributed by atoms with van der Waals surface area (Å²) in [4.78, 5) is 42.3. The highest BCUT2D eigenvalue weighted by atomic mass is 16.6. The molecule has 2 aliphatic rings. The van der Waals surface area contributed by atoms with Crippen molar-refractivity contribution in [3.05, 3.63) is 23.8 Å². The average molecular weight is 434 g/mol. The van der Waals surface area contributed by atoms with Gasteiger partial charge in [0.1, 0.15) is 0 Å². The van der Waals surface area contributed by atoms with Crippen LogP contribution in [0.1, 0.15) is 18.9 Å². The Morgan fingerprint density at radius 1 is 1.03 bits per heavy atom. The van der Waals surface area contributed by atoms with Crippen molar-refractivity contribution in [1.29, 1.82) is 0 Å².